The van der Waals surface area contributed by atoms with E-state index in [0.29, 0.717) is 12.8 Å². The number of hydrogen-bond donors (Lipinski definition) is 3. The summed E-state index contributed by atoms with van der Waals surface area (Å²) in [7, 11) is -4.49. The van der Waals surface area contributed by atoms with E-state index < -0.39 is 13.4 Å². The molecule has 0 bridgehead atoms. The SMILES string of the molecule is CCCCCOc1ccc2cc(C3CCC(N)(COP(=O)(O)O)C3)ccc2c1. The Balaban J connectivity index is 1.65. The fourth-order valence-corrected chi connectivity index (χ4v) is 4.34. The van der Waals surface area contributed by atoms with Crippen molar-refractivity contribution in [1.82, 2.24) is 0 Å². The minimum atomic E-state index is -4.49. The Morgan fingerprint density at radius 2 is 1.93 bits per heavy atom. The molecule has 28 heavy (non-hydrogen) atoms. The Hall–Kier alpha value is -1.43. The van der Waals surface area contributed by atoms with Crippen molar-refractivity contribution >= 4 is 18.6 Å². The first-order chi connectivity index (χ1) is 13.3. The van der Waals surface area contributed by atoms with Crippen molar-refractivity contribution in [2.75, 3.05) is 13.2 Å². The van der Waals surface area contributed by atoms with Crippen molar-refractivity contribution in [3.8, 4) is 5.75 Å². The van der Waals surface area contributed by atoms with Gasteiger partial charge in [0.2, 0.25) is 0 Å². The van der Waals surface area contributed by atoms with E-state index in [1.807, 2.05) is 6.07 Å². The normalized spacial score (nSPS) is 22.6. The van der Waals surface area contributed by atoms with Crippen LogP contribution in [0.4, 0.5) is 0 Å². The molecule has 154 valence electrons. The summed E-state index contributed by atoms with van der Waals surface area (Å²) >= 11 is 0. The standard InChI is InChI=1S/C21H30NO5P/c1-2-3-4-11-26-20-8-7-16-12-17(5-6-18(16)13-20)19-9-10-21(22,14-19)15-27-28(23,24)25/h5-8,12-13,19H,2-4,9-11,14-15,22H2,1H3,(H2,23,24,25). The molecular weight excluding hydrogens is 377 g/mol. The van der Waals surface area contributed by atoms with Crippen LogP contribution in [0.3, 0.4) is 0 Å². The molecule has 7 heteroatoms. The maximum atomic E-state index is 11.0. The number of fused-ring (bicyclic) bond motifs is 1. The monoisotopic (exact) mass is 407 g/mol. The molecule has 0 heterocycles. The van der Waals surface area contributed by atoms with E-state index in [1.54, 1.807) is 0 Å². The first kappa shape index (κ1) is 21.3. The summed E-state index contributed by atoms with van der Waals surface area (Å²) in [5.74, 6) is 1.16. The van der Waals surface area contributed by atoms with Gasteiger partial charge in [0.05, 0.1) is 13.2 Å². The quantitative estimate of drug-likeness (QED) is 0.418. The summed E-state index contributed by atoms with van der Waals surface area (Å²) in [6.07, 6.45) is 5.64. The fraction of sp³-hybridized carbons (Fsp3) is 0.524. The number of phosphoric acid groups is 1. The van der Waals surface area contributed by atoms with Gasteiger partial charge in [-0.15, -0.1) is 0 Å². The highest BCUT2D eigenvalue weighted by Crippen LogP contribution is 2.44. The van der Waals surface area contributed by atoms with Crippen molar-refractivity contribution in [3.05, 3.63) is 42.0 Å². The number of benzene rings is 2. The molecule has 1 aliphatic rings. The second-order valence-electron chi connectivity index (χ2n) is 7.89. The van der Waals surface area contributed by atoms with E-state index in [1.165, 1.54) is 18.4 Å². The lowest BCUT2D eigenvalue weighted by molar-refractivity contribution is 0.153. The second-order valence-corrected chi connectivity index (χ2v) is 9.13. The molecule has 3 rings (SSSR count). The maximum absolute atomic E-state index is 11.0. The fourth-order valence-electron chi connectivity index (χ4n) is 3.91. The molecule has 2 aromatic carbocycles. The topological polar surface area (TPSA) is 102 Å². The molecule has 0 aliphatic heterocycles. The Kier molecular flexibility index (Phi) is 6.79. The zero-order valence-electron chi connectivity index (χ0n) is 16.3. The molecule has 0 amide bonds. The molecule has 0 aromatic heterocycles. The predicted octanol–water partition coefficient (Wildman–Crippen LogP) is 4.48. The van der Waals surface area contributed by atoms with Gasteiger partial charge in [-0.2, -0.15) is 0 Å². The number of rotatable bonds is 9. The van der Waals surface area contributed by atoms with E-state index in [0.717, 1.165) is 36.0 Å². The summed E-state index contributed by atoms with van der Waals surface area (Å²) in [5, 5.41) is 2.29. The number of unbranched alkanes of at least 4 members (excludes halogenated alkanes) is 2. The summed E-state index contributed by atoms with van der Waals surface area (Å²) in [6.45, 7) is 2.80. The minimum Gasteiger partial charge on any atom is -0.494 e. The zero-order valence-corrected chi connectivity index (χ0v) is 17.2. The number of hydrogen-bond acceptors (Lipinski definition) is 4. The van der Waals surface area contributed by atoms with Gasteiger partial charge in [0.1, 0.15) is 5.75 Å². The van der Waals surface area contributed by atoms with Crippen LogP contribution in [-0.4, -0.2) is 28.5 Å². The van der Waals surface area contributed by atoms with Gasteiger partial charge in [0.15, 0.2) is 0 Å². The molecule has 6 nitrogen and oxygen atoms in total. The molecule has 2 aromatic rings. The summed E-state index contributed by atoms with van der Waals surface area (Å²) in [6, 6.07) is 12.6. The lowest BCUT2D eigenvalue weighted by Gasteiger charge is -2.24. The van der Waals surface area contributed by atoms with Crippen LogP contribution < -0.4 is 10.5 Å². The van der Waals surface area contributed by atoms with Crippen LogP contribution in [0.5, 0.6) is 5.75 Å². The lowest BCUT2D eigenvalue weighted by Crippen LogP contribution is -2.41. The van der Waals surface area contributed by atoms with E-state index >= 15 is 0 Å². The molecule has 4 N–H and O–H groups in total. The Morgan fingerprint density at radius 3 is 2.68 bits per heavy atom. The van der Waals surface area contributed by atoms with E-state index in [4.69, 9.17) is 20.3 Å². The number of ether oxygens (including phenoxy) is 1. The maximum Gasteiger partial charge on any atom is 0.469 e. The largest absolute Gasteiger partial charge is 0.494 e. The highest BCUT2D eigenvalue weighted by Gasteiger charge is 2.38. The number of phosphoric ester groups is 1. The molecular formula is C21H30NO5P. The van der Waals surface area contributed by atoms with Crippen LogP contribution in [0.25, 0.3) is 10.8 Å². The van der Waals surface area contributed by atoms with Gasteiger partial charge in [-0.1, -0.05) is 44.0 Å². The van der Waals surface area contributed by atoms with Gasteiger partial charge < -0.3 is 20.3 Å². The van der Waals surface area contributed by atoms with Crippen LogP contribution in [-0.2, 0) is 9.09 Å². The van der Waals surface area contributed by atoms with Crippen LogP contribution in [0.2, 0.25) is 0 Å². The van der Waals surface area contributed by atoms with Gasteiger partial charge in [0.25, 0.3) is 0 Å². The average molecular weight is 407 g/mol. The zero-order chi connectivity index (χ0) is 20.2. The average Bonchev–Trinajstić information content (AvgIpc) is 3.05. The third kappa shape index (κ3) is 5.79. The van der Waals surface area contributed by atoms with Gasteiger partial charge >= 0.3 is 7.82 Å². The highest BCUT2D eigenvalue weighted by molar-refractivity contribution is 7.46. The Morgan fingerprint density at radius 1 is 1.18 bits per heavy atom. The molecule has 1 fully saturated rings. The van der Waals surface area contributed by atoms with Crippen molar-refractivity contribution < 1.29 is 23.6 Å². The second kappa shape index (κ2) is 8.93. The summed E-state index contributed by atoms with van der Waals surface area (Å²) in [4.78, 5) is 17.8. The van der Waals surface area contributed by atoms with Crippen molar-refractivity contribution in [2.45, 2.75) is 56.9 Å². The first-order valence-corrected chi connectivity index (χ1v) is 11.5. The van der Waals surface area contributed by atoms with Crippen LogP contribution >= 0.6 is 7.82 Å². The molecule has 0 saturated heterocycles. The first-order valence-electron chi connectivity index (χ1n) is 9.93. The molecule has 0 radical (unpaired) electrons. The summed E-state index contributed by atoms with van der Waals surface area (Å²) < 4.78 is 21.5. The van der Waals surface area contributed by atoms with Crippen molar-refractivity contribution in [3.63, 3.8) is 0 Å². The van der Waals surface area contributed by atoms with E-state index in [2.05, 4.69) is 41.8 Å². The van der Waals surface area contributed by atoms with Crippen molar-refractivity contribution in [1.29, 1.82) is 0 Å². The predicted molar refractivity (Wildman–Crippen MR) is 110 cm³/mol. The van der Waals surface area contributed by atoms with Gasteiger partial charge in [-0.3, -0.25) is 4.52 Å². The Bertz CT molecular complexity index is 852. The van der Waals surface area contributed by atoms with E-state index in [-0.39, 0.29) is 12.5 Å². The van der Waals surface area contributed by atoms with E-state index in [9.17, 15) is 4.57 Å². The van der Waals surface area contributed by atoms with Crippen LogP contribution in [0.1, 0.15) is 56.9 Å². The lowest BCUT2D eigenvalue weighted by atomic mass is 9.92. The van der Waals surface area contributed by atoms with Crippen LogP contribution in [0.15, 0.2) is 36.4 Å². The van der Waals surface area contributed by atoms with Gasteiger partial charge in [0, 0.05) is 5.54 Å². The molecule has 0 spiro atoms. The molecule has 2 unspecified atom stereocenters. The van der Waals surface area contributed by atoms with Crippen LogP contribution in [0, 0.1) is 0 Å². The van der Waals surface area contributed by atoms with Gasteiger partial charge in [-0.25, -0.2) is 4.57 Å². The highest BCUT2D eigenvalue weighted by atomic mass is 31.2. The van der Waals surface area contributed by atoms with Gasteiger partial charge in [-0.05, 0) is 60.1 Å². The third-order valence-electron chi connectivity index (χ3n) is 5.49. The summed E-state index contributed by atoms with van der Waals surface area (Å²) in [5.41, 5.74) is 6.81. The molecule has 1 saturated carbocycles. The minimum absolute atomic E-state index is 0.125. The Labute approximate surface area is 166 Å². The number of nitrogens with two attached hydrogens (primary N) is 1. The smallest absolute Gasteiger partial charge is 0.469 e. The molecule has 2 atom stereocenters. The molecule has 1 aliphatic carbocycles. The van der Waals surface area contributed by atoms with Crippen molar-refractivity contribution in [2.24, 2.45) is 5.73 Å². The third-order valence-corrected chi connectivity index (χ3v) is 5.95.